The molecule has 1 amide bonds. The molecular formula is C17H20BN4O2. The summed E-state index contributed by atoms with van der Waals surface area (Å²) in [6, 6.07) is 5.38. The van der Waals surface area contributed by atoms with Crippen LogP contribution in [-0.2, 0) is 4.79 Å². The molecule has 3 N–H and O–H groups in total. The number of ether oxygens (including phenoxy) is 1. The second kappa shape index (κ2) is 6.51. The molecule has 0 spiro atoms. The van der Waals surface area contributed by atoms with E-state index in [0.29, 0.717) is 35.1 Å². The molecule has 0 unspecified atom stereocenters. The lowest BCUT2D eigenvalue weighted by Crippen LogP contribution is -2.39. The molecule has 24 heavy (non-hydrogen) atoms. The lowest BCUT2D eigenvalue weighted by atomic mass is 9.92. The molecule has 2 aliphatic rings. The van der Waals surface area contributed by atoms with Crippen LogP contribution >= 0.6 is 0 Å². The van der Waals surface area contributed by atoms with Gasteiger partial charge in [0.1, 0.15) is 11.5 Å². The fourth-order valence-electron chi connectivity index (χ4n) is 2.55. The van der Waals surface area contributed by atoms with Crippen LogP contribution in [0.3, 0.4) is 0 Å². The normalized spacial score (nSPS) is 19.5. The molecule has 3 rings (SSSR count). The van der Waals surface area contributed by atoms with Crippen LogP contribution in [0.25, 0.3) is 5.57 Å². The van der Waals surface area contributed by atoms with Gasteiger partial charge in [0.15, 0.2) is 0 Å². The maximum absolute atomic E-state index is 12.2. The predicted molar refractivity (Wildman–Crippen MR) is 96.6 cm³/mol. The Kier molecular flexibility index (Phi) is 4.42. The average molecular weight is 323 g/mol. The Morgan fingerprint density at radius 2 is 2.21 bits per heavy atom. The molecule has 1 aromatic carbocycles. The van der Waals surface area contributed by atoms with Crippen LogP contribution in [0.2, 0.25) is 6.82 Å². The summed E-state index contributed by atoms with van der Waals surface area (Å²) in [7, 11) is 3.17. The Morgan fingerprint density at radius 1 is 1.46 bits per heavy atom. The molecule has 1 radical (unpaired) electrons. The molecule has 1 aliphatic heterocycles. The first kappa shape index (κ1) is 16.3. The van der Waals surface area contributed by atoms with Gasteiger partial charge in [-0.1, -0.05) is 6.82 Å². The first-order valence-electron chi connectivity index (χ1n) is 7.98. The van der Waals surface area contributed by atoms with Gasteiger partial charge in [0.05, 0.1) is 12.3 Å². The molecule has 123 valence electrons. The standard InChI is InChI=1S/C17H20BN4O2/c1-18-21-16-15(20)13(8-22(2)17(16)23)12-7-11(19)5-6-14(12)24-9-10-3-4-10/h5-8,10,20H,3-4,9,19H2,1-2H3. The zero-order chi connectivity index (χ0) is 17.3. The molecular weight excluding hydrogens is 303 g/mol. The fourth-order valence-corrected chi connectivity index (χ4v) is 2.55. The highest BCUT2D eigenvalue weighted by Crippen LogP contribution is 2.34. The summed E-state index contributed by atoms with van der Waals surface area (Å²) in [5, 5.41) is 8.40. The van der Waals surface area contributed by atoms with E-state index in [1.807, 2.05) is 6.07 Å². The van der Waals surface area contributed by atoms with Crippen molar-refractivity contribution in [2.45, 2.75) is 19.7 Å². The van der Waals surface area contributed by atoms with Gasteiger partial charge in [0.2, 0.25) is 0 Å². The van der Waals surface area contributed by atoms with Crippen molar-refractivity contribution in [3.8, 4) is 5.75 Å². The summed E-state index contributed by atoms with van der Waals surface area (Å²) in [4.78, 5) is 17.7. The third-order valence-corrected chi connectivity index (χ3v) is 4.08. The number of carbonyl (C=O) groups is 1. The Labute approximate surface area is 142 Å². The minimum Gasteiger partial charge on any atom is -0.493 e. The number of nitrogens with one attached hydrogen (secondary N) is 1. The van der Waals surface area contributed by atoms with Crippen LogP contribution in [-0.4, -0.2) is 43.3 Å². The molecule has 0 atom stereocenters. The van der Waals surface area contributed by atoms with Gasteiger partial charge in [0.25, 0.3) is 13.3 Å². The number of anilines is 1. The maximum atomic E-state index is 12.2. The van der Waals surface area contributed by atoms with Crippen molar-refractivity contribution in [3.63, 3.8) is 0 Å². The summed E-state index contributed by atoms with van der Waals surface area (Å²) >= 11 is 0. The topological polar surface area (TPSA) is 91.8 Å². The zero-order valence-electron chi connectivity index (χ0n) is 13.9. The number of allylic oxidation sites excluding steroid dienone is 1. The monoisotopic (exact) mass is 323 g/mol. The van der Waals surface area contributed by atoms with Crippen molar-refractivity contribution in [2.24, 2.45) is 10.8 Å². The van der Waals surface area contributed by atoms with E-state index in [1.54, 1.807) is 32.2 Å². The number of nitrogens with two attached hydrogens (primary N) is 1. The lowest BCUT2D eigenvalue weighted by molar-refractivity contribution is -0.120. The van der Waals surface area contributed by atoms with E-state index in [1.165, 1.54) is 25.2 Å². The molecule has 6 nitrogen and oxygen atoms in total. The SMILES string of the molecule is C[B]N=C1C(=N)C(c2cc(N)ccc2OCC2CC2)=CN(C)C1=O. The molecule has 1 saturated carbocycles. The largest absolute Gasteiger partial charge is 0.493 e. The number of amides is 1. The first-order valence-corrected chi connectivity index (χ1v) is 7.98. The molecule has 0 aromatic heterocycles. The van der Waals surface area contributed by atoms with Gasteiger partial charge in [-0.3, -0.25) is 10.2 Å². The number of rotatable bonds is 5. The maximum Gasteiger partial charge on any atom is 0.276 e. The van der Waals surface area contributed by atoms with Crippen LogP contribution < -0.4 is 10.5 Å². The van der Waals surface area contributed by atoms with Crippen LogP contribution in [0.5, 0.6) is 5.75 Å². The van der Waals surface area contributed by atoms with Crippen LogP contribution in [0.1, 0.15) is 18.4 Å². The third-order valence-electron chi connectivity index (χ3n) is 4.08. The van der Waals surface area contributed by atoms with Gasteiger partial charge in [-0.2, -0.15) is 0 Å². The van der Waals surface area contributed by atoms with Gasteiger partial charge in [-0.05, 0) is 37.0 Å². The summed E-state index contributed by atoms with van der Waals surface area (Å²) in [6.07, 6.45) is 4.03. The summed E-state index contributed by atoms with van der Waals surface area (Å²) in [6.45, 7) is 2.38. The summed E-state index contributed by atoms with van der Waals surface area (Å²) < 4.78 is 5.93. The Bertz CT molecular complexity index is 753. The second-order valence-electron chi connectivity index (χ2n) is 6.08. The smallest absolute Gasteiger partial charge is 0.276 e. The van der Waals surface area contributed by atoms with E-state index in [2.05, 4.69) is 4.90 Å². The molecule has 1 fully saturated rings. The lowest BCUT2D eigenvalue weighted by Gasteiger charge is -2.25. The van der Waals surface area contributed by atoms with E-state index < -0.39 is 0 Å². The van der Waals surface area contributed by atoms with Crippen molar-refractivity contribution < 1.29 is 9.53 Å². The highest BCUT2D eigenvalue weighted by Gasteiger charge is 2.30. The highest BCUT2D eigenvalue weighted by atomic mass is 16.5. The fraction of sp³-hybridized carbons (Fsp3) is 0.353. The van der Waals surface area contributed by atoms with Gasteiger partial charge < -0.3 is 20.3 Å². The minimum absolute atomic E-state index is 0.0815. The third kappa shape index (κ3) is 3.20. The predicted octanol–water partition coefficient (Wildman–Crippen LogP) is 2.00. The number of nitrogen functional groups attached to an aromatic ring is 1. The van der Waals surface area contributed by atoms with Crippen molar-refractivity contribution >= 4 is 36.0 Å². The van der Waals surface area contributed by atoms with E-state index in [4.69, 9.17) is 15.9 Å². The number of benzene rings is 1. The van der Waals surface area contributed by atoms with Crippen molar-refractivity contribution in [3.05, 3.63) is 30.0 Å². The number of carbonyl (C=O) groups excluding carboxylic acids is 1. The van der Waals surface area contributed by atoms with Gasteiger partial charge >= 0.3 is 0 Å². The highest BCUT2D eigenvalue weighted by molar-refractivity contribution is 6.77. The molecule has 1 heterocycles. The van der Waals surface area contributed by atoms with Crippen LogP contribution in [0.15, 0.2) is 29.3 Å². The summed E-state index contributed by atoms with van der Waals surface area (Å²) in [5.74, 6) is 0.993. The van der Waals surface area contributed by atoms with Gasteiger partial charge in [-0.15, -0.1) is 0 Å². The van der Waals surface area contributed by atoms with Crippen molar-refractivity contribution in [1.82, 2.24) is 4.90 Å². The number of nitrogens with zero attached hydrogens (tertiary/aromatic N) is 2. The first-order chi connectivity index (χ1) is 11.5. The Hall–Kier alpha value is -2.57. The van der Waals surface area contributed by atoms with Gasteiger partial charge in [-0.25, -0.2) is 0 Å². The van der Waals surface area contributed by atoms with Crippen LogP contribution in [0, 0.1) is 11.3 Å². The average Bonchev–Trinajstić information content (AvgIpc) is 3.38. The zero-order valence-corrected chi connectivity index (χ0v) is 13.9. The van der Waals surface area contributed by atoms with E-state index >= 15 is 0 Å². The van der Waals surface area contributed by atoms with E-state index in [0.717, 1.165) is 0 Å². The van der Waals surface area contributed by atoms with E-state index in [-0.39, 0.29) is 17.3 Å². The molecule has 1 aliphatic carbocycles. The van der Waals surface area contributed by atoms with Crippen molar-refractivity contribution in [1.29, 1.82) is 5.41 Å². The minimum atomic E-state index is -0.300. The Morgan fingerprint density at radius 3 is 2.88 bits per heavy atom. The summed E-state index contributed by atoms with van der Waals surface area (Å²) in [5.41, 5.74) is 8.01. The molecule has 0 saturated heterocycles. The molecule has 0 bridgehead atoms. The quantitative estimate of drug-likeness (QED) is 0.641. The van der Waals surface area contributed by atoms with Gasteiger partial charge in [0, 0.05) is 30.1 Å². The second-order valence-corrected chi connectivity index (χ2v) is 6.08. The number of hydrogen-bond acceptors (Lipinski definition) is 5. The van der Waals surface area contributed by atoms with Crippen molar-refractivity contribution in [2.75, 3.05) is 19.4 Å². The van der Waals surface area contributed by atoms with Crippen LogP contribution in [0.4, 0.5) is 5.69 Å². The van der Waals surface area contributed by atoms with E-state index in [9.17, 15) is 4.79 Å². The molecule has 7 heteroatoms. The Balaban J connectivity index is 2.01. The number of hydrogen-bond donors (Lipinski definition) is 2. The molecule has 1 aromatic rings.